The SMILES string of the molecule is C=C1CC[C@@H]2[C@](C)(CCC[C@@]2(C)F)[C@H]1CC[C@H](C)CC(=O)O. The second-order valence-electron chi connectivity index (χ2n) is 8.22. The predicted molar refractivity (Wildman–Crippen MR) is 87.5 cm³/mol. The molecule has 3 heteroatoms. The molecule has 1 N–H and O–H groups in total. The van der Waals surface area contributed by atoms with E-state index in [1.165, 1.54) is 5.57 Å². The number of fused-ring (bicyclic) bond motifs is 1. The molecular formula is C19H31FO2. The molecule has 126 valence electrons. The van der Waals surface area contributed by atoms with Crippen molar-refractivity contribution in [2.75, 3.05) is 0 Å². The van der Waals surface area contributed by atoms with Gasteiger partial charge in [-0.2, -0.15) is 0 Å². The van der Waals surface area contributed by atoms with Gasteiger partial charge >= 0.3 is 5.97 Å². The van der Waals surface area contributed by atoms with Gasteiger partial charge in [-0.1, -0.05) is 26.0 Å². The first kappa shape index (κ1) is 17.5. The van der Waals surface area contributed by atoms with Crippen molar-refractivity contribution in [1.29, 1.82) is 0 Å². The zero-order chi connectivity index (χ0) is 16.5. The number of hydrogen-bond donors (Lipinski definition) is 1. The molecule has 2 fully saturated rings. The largest absolute Gasteiger partial charge is 0.481 e. The van der Waals surface area contributed by atoms with E-state index in [1.54, 1.807) is 6.92 Å². The Morgan fingerprint density at radius 3 is 2.77 bits per heavy atom. The number of hydrogen-bond acceptors (Lipinski definition) is 1. The van der Waals surface area contributed by atoms with Gasteiger partial charge < -0.3 is 5.11 Å². The molecule has 0 unspecified atom stereocenters. The Labute approximate surface area is 134 Å². The van der Waals surface area contributed by atoms with E-state index in [0.717, 1.165) is 38.5 Å². The standard InChI is InChI=1S/C19H31FO2/c1-13(12-17(21)22)6-8-15-14(2)7-9-16-18(15,3)10-5-11-19(16,4)20/h13,15-16H,2,5-12H2,1,3-4H3,(H,21,22)/t13-,15-,16+,18+,19+/m0/s1. The summed E-state index contributed by atoms with van der Waals surface area (Å²) >= 11 is 0. The molecule has 0 aromatic heterocycles. The number of carbonyl (C=O) groups is 1. The summed E-state index contributed by atoms with van der Waals surface area (Å²) in [6.45, 7) is 10.3. The average Bonchev–Trinajstić information content (AvgIpc) is 2.35. The molecule has 0 aromatic carbocycles. The molecule has 2 nitrogen and oxygen atoms in total. The topological polar surface area (TPSA) is 37.3 Å². The van der Waals surface area contributed by atoms with E-state index in [4.69, 9.17) is 5.11 Å². The molecule has 0 bridgehead atoms. The highest BCUT2D eigenvalue weighted by Crippen LogP contribution is 2.60. The van der Waals surface area contributed by atoms with Crippen molar-refractivity contribution in [3.63, 3.8) is 0 Å². The number of rotatable bonds is 5. The van der Waals surface area contributed by atoms with Crippen LogP contribution in [0.5, 0.6) is 0 Å². The Hall–Kier alpha value is -0.860. The third-order valence-corrected chi connectivity index (χ3v) is 6.42. The maximum atomic E-state index is 15.0. The van der Waals surface area contributed by atoms with Crippen LogP contribution in [0.1, 0.15) is 72.1 Å². The molecule has 2 aliphatic carbocycles. The summed E-state index contributed by atoms with van der Waals surface area (Å²) in [6, 6.07) is 0. The van der Waals surface area contributed by atoms with Crippen molar-refractivity contribution in [2.24, 2.45) is 23.2 Å². The van der Waals surface area contributed by atoms with Crippen molar-refractivity contribution in [3.05, 3.63) is 12.2 Å². The predicted octanol–water partition coefficient (Wildman–Crippen LogP) is 5.38. The van der Waals surface area contributed by atoms with Gasteiger partial charge in [0.2, 0.25) is 0 Å². The summed E-state index contributed by atoms with van der Waals surface area (Å²) in [5.41, 5.74) is 0.206. The number of carboxylic acids is 1. The molecule has 0 heterocycles. The van der Waals surface area contributed by atoms with E-state index in [0.29, 0.717) is 12.3 Å². The van der Waals surface area contributed by atoms with Gasteiger partial charge in [0.25, 0.3) is 0 Å². The molecule has 2 rings (SSSR count). The summed E-state index contributed by atoms with van der Waals surface area (Å²) in [5.74, 6) is -0.0837. The van der Waals surface area contributed by atoms with E-state index in [-0.39, 0.29) is 23.7 Å². The van der Waals surface area contributed by atoms with Crippen LogP contribution < -0.4 is 0 Å². The highest BCUT2D eigenvalue weighted by Gasteiger charge is 2.54. The lowest BCUT2D eigenvalue weighted by Gasteiger charge is -2.56. The van der Waals surface area contributed by atoms with Crippen LogP contribution in [0.3, 0.4) is 0 Å². The minimum Gasteiger partial charge on any atom is -0.481 e. The van der Waals surface area contributed by atoms with Crippen LogP contribution in [0.4, 0.5) is 4.39 Å². The summed E-state index contributed by atoms with van der Waals surface area (Å²) < 4.78 is 15.0. The smallest absolute Gasteiger partial charge is 0.303 e. The third-order valence-electron chi connectivity index (χ3n) is 6.42. The van der Waals surface area contributed by atoms with Crippen molar-refractivity contribution >= 4 is 5.97 Å². The number of aliphatic carboxylic acids is 1. The maximum absolute atomic E-state index is 15.0. The zero-order valence-electron chi connectivity index (χ0n) is 14.3. The Balaban J connectivity index is 2.10. The Morgan fingerprint density at radius 1 is 1.45 bits per heavy atom. The molecular weight excluding hydrogens is 279 g/mol. The minimum atomic E-state index is -1.06. The fourth-order valence-corrected chi connectivity index (χ4v) is 5.25. The van der Waals surface area contributed by atoms with Crippen LogP contribution >= 0.6 is 0 Å². The summed E-state index contributed by atoms with van der Waals surface area (Å²) in [4.78, 5) is 10.8. The summed E-state index contributed by atoms with van der Waals surface area (Å²) in [7, 11) is 0. The monoisotopic (exact) mass is 310 g/mol. The molecule has 0 aromatic rings. The van der Waals surface area contributed by atoms with Crippen molar-refractivity contribution in [2.45, 2.75) is 77.8 Å². The molecule has 0 amide bonds. The van der Waals surface area contributed by atoms with Gasteiger partial charge in [-0.3, -0.25) is 4.79 Å². The van der Waals surface area contributed by atoms with E-state index in [2.05, 4.69) is 13.5 Å². The van der Waals surface area contributed by atoms with E-state index in [1.807, 2.05) is 6.92 Å². The number of halogens is 1. The van der Waals surface area contributed by atoms with Gasteiger partial charge in [-0.05, 0) is 75.0 Å². The zero-order valence-corrected chi connectivity index (χ0v) is 14.3. The van der Waals surface area contributed by atoms with Crippen molar-refractivity contribution in [3.8, 4) is 0 Å². The minimum absolute atomic E-state index is 0.0000267. The molecule has 0 spiro atoms. The van der Waals surface area contributed by atoms with E-state index >= 15 is 4.39 Å². The van der Waals surface area contributed by atoms with Gasteiger partial charge in [0.15, 0.2) is 0 Å². The van der Waals surface area contributed by atoms with Crippen molar-refractivity contribution < 1.29 is 14.3 Å². The van der Waals surface area contributed by atoms with E-state index < -0.39 is 11.6 Å². The Morgan fingerprint density at radius 2 is 2.14 bits per heavy atom. The van der Waals surface area contributed by atoms with Crippen LogP contribution in [0.15, 0.2) is 12.2 Å². The quantitative estimate of drug-likeness (QED) is 0.692. The molecule has 2 aliphatic rings. The lowest BCUT2D eigenvalue weighted by atomic mass is 9.50. The van der Waals surface area contributed by atoms with Gasteiger partial charge in [0.1, 0.15) is 5.67 Å². The average molecular weight is 310 g/mol. The van der Waals surface area contributed by atoms with Crippen LogP contribution in [0, 0.1) is 23.2 Å². The Kier molecular flexibility index (Phi) is 5.03. The van der Waals surface area contributed by atoms with Crippen molar-refractivity contribution in [1.82, 2.24) is 0 Å². The molecule has 2 saturated carbocycles. The van der Waals surface area contributed by atoms with E-state index in [9.17, 15) is 4.79 Å². The van der Waals surface area contributed by atoms with Crippen LogP contribution in [0.2, 0.25) is 0 Å². The highest BCUT2D eigenvalue weighted by molar-refractivity contribution is 5.66. The normalized spacial score (nSPS) is 40.1. The lowest BCUT2D eigenvalue weighted by Crippen LogP contribution is -2.51. The first-order chi connectivity index (χ1) is 10.2. The maximum Gasteiger partial charge on any atom is 0.303 e. The van der Waals surface area contributed by atoms with Gasteiger partial charge in [-0.25, -0.2) is 4.39 Å². The second-order valence-corrected chi connectivity index (χ2v) is 8.22. The first-order valence-electron chi connectivity index (χ1n) is 8.75. The molecule has 22 heavy (non-hydrogen) atoms. The molecule has 0 saturated heterocycles. The number of carboxylic acid groups (broad SMARTS) is 1. The lowest BCUT2D eigenvalue weighted by molar-refractivity contribution is -0.138. The second kappa shape index (κ2) is 6.33. The Bertz CT molecular complexity index is 443. The summed E-state index contributed by atoms with van der Waals surface area (Å²) in [5, 5.41) is 8.91. The highest BCUT2D eigenvalue weighted by atomic mass is 19.1. The fraction of sp³-hybridized carbons (Fsp3) is 0.842. The van der Waals surface area contributed by atoms with Crippen LogP contribution in [0.25, 0.3) is 0 Å². The molecule has 5 atom stereocenters. The molecule has 0 radical (unpaired) electrons. The number of allylic oxidation sites excluding steroid dienone is 1. The van der Waals surface area contributed by atoms with Crippen LogP contribution in [-0.2, 0) is 4.79 Å². The number of alkyl halides is 1. The third kappa shape index (κ3) is 3.38. The summed E-state index contributed by atoms with van der Waals surface area (Å²) in [6.07, 6.45) is 6.63. The van der Waals surface area contributed by atoms with Gasteiger partial charge in [-0.15, -0.1) is 0 Å². The van der Waals surface area contributed by atoms with Gasteiger partial charge in [0.05, 0.1) is 0 Å². The van der Waals surface area contributed by atoms with Gasteiger partial charge in [0, 0.05) is 6.42 Å². The fourth-order valence-electron chi connectivity index (χ4n) is 5.25. The first-order valence-corrected chi connectivity index (χ1v) is 8.75. The molecule has 0 aliphatic heterocycles. The van der Waals surface area contributed by atoms with Crippen LogP contribution in [-0.4, -0.2) is 16.7 Å².